The van der Waals surface area contributed by atoms with Gasteiger partial charge in [-0.15, -0.1) is 0 Å². The number of amides is 2. The van der Waals surface area contributed by atoms with Gasteiger partial charge in [-0.3, -0.25) is 19.6 Å². The molecule has 2 aromatic rings. The Morgan fingerprint density at radius 2 is 2.09 bits per heavy atom. The van der Waals surface area contributed by atoms with E-state index in [-0.39, 0.29) is 30.1 Å². The number of β-amino-alcohol motifs (C(OH)–C–C–N with tert-alkyl or cyclic N) is 1. The number of anilines is 1. The second-order valence-electron chi connectivity index (χ2n) is 8.44. The van der Waals surface area contributed by atoms with Crippen LogP contribution in [0.2, 0.25) is 0 Å². The van der Waals surface area contributed by atoms with Crippen LogP contribution in [0.4, 0.5) is 5.82 Å². The van der Waals surface area contributed by atoms with Gasteiger partial charge in [-0.05, 0) is 12.8 Å². The Morgan fingerprint density at radius 1 is 1.28 bits per heavy atom. The van der Waals surface area contributed by atoms with E-state index in [9.17, 15) is 14.7 Å². The molecular weight excluding hydrogens is 412 g/mol. The summed E-state index contributed by atoms with van der Waals surface area (Å²) in [4.78, 5) is 36.2. The van der Waals surface area contributed by atoms with Crippen molar-refractivity contribution >= 4 is 17.6 Å². The zero-order valence-electron chi connectivity index (χ0n) is 18.3. The lowest BCUT2D eigenvalue weighted by Gasteiger charge is -2.31. The van der Waals surface area contributed by atoms with E-state index in [1.807, 2.05) is 11.1 Å². The summed E-state index contributed by atoms with van der Waals surface area (Å²) in [5.74, 6) is 0.325. The minimum atomic E-state index is -0.682. The number of fused-ring (bicyclic) bond motifs is 1. The van der Waals surface area contributed by atoms with Crippen molar-refractivity contribution < 1.29 is 14.7 Å². The van der Waals surface area contributed by atoms with Crippen molar-refractivity contribution in [3.8, 4) is 0 Å². The van der Waals surface area contributed by atoms with Gasteiger partial charge in [0.25, 0.3) is 5.91 Å². The lowest BCUT2D eigenvalue weighted by molar-refractivity contribution is -0.129. The molecule has 4 N–H and O–H groups in total. The molecule has 1 fully saturated rings. The van der Waals surface area contributed by atoms with Crippen molar-refractivity contribution in [1.29, 1.82) is 0 Å². The highest BCUT2D eigenvalue weighted by molar-refractivity contribution is 5.92. The number of H-pyrrole nitrogens is 1. The van der Waals surface area contributed by atoms with Crippen LogP contribution >= 0.6 is 0 Å². The molecule has 2 aliphatic heterocycles. The normalized spacial score (nSPS) is 18.1. The molecule has 4 rings (SSSR count). The quantitative estimate of drug-likeness (QED) is 0.461. The van der Waals surface area contributed by atoms with Gasteiger partial charge >= 0.3 is 0 Å². The third kappa shape index (κ3) is 5.60. The number of hydrogen-bond donors (Lipinski definition) is 4. The van der Waals surface area contributed by atoms with Crippen LogP contribution in [0, 0.1) is 0 Å². The van der Waals surface area contributed by atoms with Gasteiger partial charge in [0, 0.05) is 76.0 Å². The molecule has 2 aliphatic rings. The first kappa shape index (κ1) is 22.2. The van der Waals surface area contributed by atoms with E-state index in [1.54, 1.807) is 13.0 Å². The fourth-order valence-electron chi connectivity index (χ4n) is 4.21. The fraction of sp³-hybridized carbons (Fsp3) is 0.571. The van der Waals surface area contributed by atoms with Gasteiger partial charge in [0.1, 0.15) is 17.8 Å². The number of carbonyl (C=O) groups excluding carboxylic acids is 2. The second-order valence-corrected chi connectivity index (χ2v) is 8.44. The number of aliphatic hydroxyl groups is 1. The molecule has 2 aromatic heterocycles. The highest BCUT2D eigenvalue weighted by Crippen LogP contribution is 2.17. The number of aromatic amines is 1. The number of aliphatic hydroxyl groups excluding tert-OH is 1. The van der Waals surface area contributed by atoms with Gasteiger partial charge < -0.3 is 20.6 Å². The van der Waals surface area contributed by atoms with E-state index in [2.05, 4.69) is 35.7 Å². The molecule has 32 heavy (non-hydrogen) atoms. The summed E-state index contributed by atoms with van der Waals surface area (Å²) in [6.45, 7) is 5.20. The van der Waals surface area contributed by atoms with Gasteiger partial charge in [0.05, 0.1) is 12.3 Å². The van der Waals surface area contributed by atoms with Crippen LogP contribution in [0.15, 0.2) is 18.6 Å². The van der Waals surface area contributed by atoms with Gasteiger partial charge in [-0.25, -0.2) is 9.97 Å². The fourth-order valence-corrected chi connectivity index (χ4v) is 4.21. The number of piperidine rings is 1. The molecule has 1 saturated heterocycles. The molecule has 0 unspecified atom stereocenters. The Bertz CT molecular complexity index is 941. The maximum atomic E-state index is 12.5. The first-order valence-corrected chi connectivity index (χ1v) is 11.0. The van der Waals surface area contributed by atoms with E-state index in [0.717, 1.165) is 43.6 Å². The summed E-state index contributed by atoms with van der Waals surface area (Å²) in [7, 11) is 0. The van der Waals surface area contributed by atoms with E-state index in [0.29, 0.717) is 25.5 Å². The maximum absolute atomic E-state index is 12.5. The van der Waals surface area contributed by atoms with Crippen molar-refractivity contribution in [1.82, 2.24) is 35.3 Å². The standard InChI is InChI=1S/C21H30N8O3/c1-14(30)29-6-2-16(3-7-29)26-20-8-19(23-13-24-20)21(32)22-10-17(31)12-28-5-4-18-15(11-28)9-25-27-18/h8-9,13,16-17,31H,2-7,10-12H2,1H3,(H,22,32)(H,25,27)(H,23,24,26)/t17-/m0/s1. The predicted molar refractivity (Wildman–Crippen MR) is 117 cm³/mol. The third-order valence-corrected chi connectivity index (χ3v) is 6.04. The van der Waals surface area contributed by atoms with Gasteiger partial charge in [-0.1, -0.05) is 0 Å². The summed E-state index contributed by atoms with van der Waals surface area (Å²) in [5, 5.41) is 23.5. The van der Waals surface area contributed by atoms with Crippen LogP contribution in [-0.2, 0) is 17.8 Å². The molecule has 0 bridgehead atoms. The molecule has 11 nitrogen and oxygen atoms in total. The average Bonchev–Trinajstić information content (AvgIpc) is 3.26. The van der Waals surface area contributed by atoms with Crippen molar-refractivity contribution in [3.05, 3.63) is 35.5 Å². The van der Waals surface area contributed by atoms with E-state index >= 15 is 0 Å². The molecule has 1 atom stereocenters. The second kappa shape index (κ2) is 10.0. The summed E-state index contributed by atoms with van der Waals surface area (Å²) in [6.07, 6.45) is 5.02. The Hall–Kier alpha value is -3.05. The maximum Gasteiger partial charge on any atom is 0.270 e. The van der Waals surface area contributed by atoms with Crippen LogP contribution in [0.1, 0.15) is 41.5 Å². The summed E-state index contributed by atoms with van der Waals surface area (Å²) >= 11 is 0. The van der Waals surface area contributed by atoms with Crippen LogP contribution in [0.5, 0.6) is 0 Å². The number of nitrogens with zero attached hydrogens (tertiary/aromatic N) is 5. The van der Waals surface area contributed by atoms with Gasteiger partial charge in [0.15, 0.2) is 0 Å². The molecule has 0 radical (unpaired) electrons. The monoisotopic (exact) mass is 442 g/mol. The zero-order chi connectivity index (χ0) is 22.5. The summed E-state index contributed by atoms with van der Waals surface area (Å²) < 4.78 is 0. The van der Waals surface area contributed by atoms with Crippen LogP contribution in [0.3, 0.4) is 0 Å². The topological polar surface area (TPSA) is 139 Å². The summed E-state index contributed by atoms with van der Waals surface area (Å²) in [6, 6.07) is 1.81. The highest BCUT2D eigenvalue weighted by atomic mass is 16.3. The number of rotatable bonds is 7. The minimum Gasteiger partial charge on any atom is -0.390 e. The van der Waals surface area contributed by atoms with E-state index in [4.69, 9.17) is 0 Å². The Labute approximate surface area is 186 Å². The lowest BCUT2D eigenvalue weighted by atomic mass is 10.1. The number of carbonyl (C=O) groups is 2. The van der Waals surface area contributed by atoms with E-state index in [1.165, 1.54) is 6.33 Å². The molecule has 4 heterocycles. The average molecular weight is 443 g/mol. The van der Waals surface area contributed by atoms with Gasteiger partial charge in [0.2, 0.25) is 5.91 Å². The number of hydrogen-bond acceptors (Lipinski definition) is 8. The van der Waals surface area contributed by atoms with Crippen molar-refractivity contribution in [2.45, 2.75) is 44.9 Å². The van der Waals surface area contributed by atoms with Gasteiger partial charge in [-0.2, -0.15) is 5.10 Å². The lowest BCUT2D eigenvalue weighted by Crippen LogP contribution is -2.42. The SMILES string of the molecule is CC(=O)N1CCC(Nc2cc(C(=O)NC[C@H](O)CN3CCc4[nH]ncc4C3)ncn2)CC1. The molecule has 0 aromatic carbocycles. The molecular formula is C21H30N8O3. The first-order chi connectivity index (χ1) is 15.5. The largest absolute Gasteiger partial charge is 0.390 e. The highest BCUT2D eigenvalue weighted by Gasteiger charge is 2.22. The molecule has 0 saturated carbocycles. The van der Waals surface area contributed by atoms with Crippen molar-refractivity contribution in [2.24, 2.45) is 0 Å². The Kier molecular flexibility index (Phi) is 6.96. The first-order valence-electron chi connectivity index (χ1n) is 11.0. The molecule has 2 amide bonds. The molecule has 0 aliphatic carbocycles. The third-order valence-electron chi connectivity index (χ3n) is 6.04. The molecule has 172 valence electrons. The van der Waals surface area contributed by atoms with Crippen molar-refractivity contribution in [3.63, 3.8) is 0 Å². The predicted octanol–water partition coefficient (Wildman–Crippen LogP) is -0.228. The van der Waals surface area contributed by atoms with Crippen LogP contribution in [0.25, 0.3) is 0 Å². The smallest absolute Gasteiger partial charge is 0.270 e. The van der Waals surface area contributed by atoms with Crippen LogP contribution in [-0.4, -0.2) is 91.8 Å². The zero-order valence-corrected chi connectivity index (χ0v) is 18.3. The van der Waals surface area contributed by atoms with E-state index < -0.39 is 6.10 Å². The minimum absolute atomic E-state index is 0.0955. The Morgan fingerprint density at radius 3 is 2.88 bits per heavy atom. The number of aromatic nitrogens is 4. The molecule has 0 spiro atoms. The molecule has 11 heteroatoms. The number of nitrogens with one attached hydrogen (secondary N) is 3. The number of likely N-dealkylation sites (tertiary alicyclic amines) is 1. The summed E-state index contributed by atoms with van der Waals surface area (Å²) in [5.41, 5.74) is 2.55. The van der Waals surface area contributed by atoms with Crippen LogP contribution < -0.4 is 10.6 Å². The van der Waals surface area contributed by atoms with Crippen molar-refractivity contribution in [2.75, 3.05) is 38.0 Å². The Balaban J connectivity index is 1.23.